The van der Waals surface area contributed by atoms with Crippen molar-refractivity contribution in [3.05, 3.63) is 58.6 Å². The van der Waals surface area contributed by atoms with Gasteiger partial charge in [0.05, 0.1) is 24.9 Å². The predicted octanol–water partition coefficient (Wildman–Crippen LogP) is 5.70. The van der Waals surface area contributed by atoms with Crippen molar-refractivity contribution in [3.8, 4) is 5.75 Å². The molecule has 242 valence electrons. The number of hydrogen-bond donors (Lipinski definition) is 2. The summed E-state index contributed by atoms with van der Waals surface area (Å²) in [6, 6.07) is 14.7. The van der Waals surface area contributed by atoms with Crippen molar-refractivity contribution in [2.75, 3.05) is 58.0 Å². The van der Waals surface area contributed by atoms with Gasteiger partial charge in [0.15, 0.2) is 0 Å². The summed E-state index contributed by atoms with van der Waals surface area (Å²) in [5.74, 6) is 1.57. The van der Waals surface area contributed by atoms with Crippen LogP contribution in [0.25, 0.3) is 0 Å². The van der Waals surface area contributed by atoms with Gasteiger partial charge in [-0.15, -0.1) is 0 Å². The molecule has 2 saturated heterocycles. The molecular weight excluding hydrogens is 578 g/mol. The molecule has 0 radical (unpaired) electrons. The molecule has 0 spiro atoms. The Labute approximate surface area is 268 Å². The number of methoxy groups -OCH3 is 1. The van der Waals surface area contributed by atoms with Crippen LogP contribution in [0.1, 0.15) is 63.5 Å². The summed E-state index contributed by atoms with van der Waals surface area (Å²) in [6.45, 7) is 10.2. The summed E-state index contributed by atoms with van der Waals surface area (Å²) in [5.41, 5.74) is 2.77. The van der Waals surface area contributed by atoms with E-state index in [1.165, 1.54) is 0 Å². The molecule has 44 heavy (non-hydrogen) atoms. The van der Waals surface area contributed by atoms with Crippen LogP contribution < -0.4 is 20.3 Å². The molecule has 3 heterocycles. The SMILES string of the molecule is COCCCN1CC(C)(c2cccc(Cl)c2)Oc2ccc(CO[C@@H]3CC[C@@H](C[C@@H](C)C(=O)NCC4CCOCC4)NC3)cc21. The highest BCUT2D eigenvalue weighted by Gasteiger charge is 2.37. The van der Waals surface area contributed by atoms with E-state index >= 15 is 0 Å². The standard InChI is InChI=1S/C35H50ClN3O5/c1-25(34(40)38-21-26-12-16-42-17-13-26)18-30-9-10-31(22-37-30)43-23-27-8-11-33-32(19-27)39(14-5-15-41-3)24-35(2,44-33)28-6-4-7-29(36)20-28/h4,6-8,11,19-20,25-26,30-31,37H,5,9-10,12-18,21-24H2,1-3H3,(H,38,40)/t25-,30+,31-,35?/m1/s1. The minimum Gasteiger partial charge on any atom is -0.479 e. The van der Waals surface area contributed by atoms with Crippen LogP contribution in [0.2, 0.25) is 5.02 Å². The van der Waals surface area contributed by atoms with Crippen LogP contribution in [0.15, 0.2) is 42.5 Å². The quantitative estimate of drug-likeness (QED) is 0.276. The van der Waals surface area contributed by atoms with Crippen molar-refractivity contribution in [1.82, 2.24) is 10.6 Å². The van der Waals surface area contributed by atoms with E-state index in [2.05, 4.69) is 46.7 Å². The number of rotatable bonds is 13. The summed E-state index contributed by atoms with van der Waals surface area (Å²) in [7, 11) is 1.74. The second-order valence-electron chi connectivity index (χ2n) is 13.0. The maximum atomic E-state index is 12.7. The molecule has 0 aromatic heterocycles. The fraction of sp³-hybridized carbons (Fsp3) is 0.629. The van der Waals surface area contributed by atoms with E-state index in [0.29, 0.717) is 36.7 Å². The Balaban J connectivity index is 1.11. The highest BCUT2D eigenvalue weighted by atomic mass is 35.5. The highest BCUT2D eigenvalue weighted by Crippen LogP contribution is 2.42. The minimum atomic E-state index is -0.518. The van der Waals surface area contributed by atoms with Crippen molar-refractivity contribution in [3.63, 3.8) is 0 Å². The summed E-state index contributed by atoms with van der Waals surface area (Å²) in [5, 5.41) is 7.52. The normalized spacial score (nSPS) is 24.8. The van der Waals surface area contributed by atoms with Gasteiger partial charge in [-0.1, -0.05) is 36.7 Å². The first-order valence-corrected chi connectivity index (χ1v) is 16.7. The van der Waals surface area contributed by atoms with E-state index < -0.39 is 5.60 Å². The van der Waals surface area contributed by atoms with Crippen LogP contribution in [0.4, 0.5) is 5.69 Å². The maximum absolute atomic E-state index is 12.7. The van der Waals surface area contributed by atoms with Crippen LogP contribution in [0.5, 0.6) is 5.75 Å². The molecule has 1 unspecified atom stereocenters. The van der Waals surface area contributed by atoms with Gasteiger partial charge in [-0.25, -0.2) is 0 Å². The Morgan fingerprint density at radius 1 is 1.18 bits per heavy atom. The fourth-order valence-electron chi connectivity index (χ4n) is 6.63. The average Bonchev–Trinajstić information content (AvgIpc) is 3.04. The third kappa shape index (κ3) is 8.88. The molecule has 2 N–H and O–H groups in total. The number of fused-ring (bicyclic) bond motifs is 1. The third-order valence-electron chi connectivity index (χ3n) is 9.35. The van der Waals surface area contributed by atoms with Crippen molar-refractivity contribution < 1.29 is 23.7 Å². The van der Waals surface area contributed by atoms with Crippen LogP contribution >= 0.6 is 11.6 Å². The number of carbonyl (C=O) groups is 1. The Kier molecular flexibility index (Phi) is 11.8. The third-order valence-corrected chi connectivity index (χ3v) is 9.59. The number of nitrogens with one attached hydrogen (secondary N) is 2. The molecule has 2 aromatic carbocycles. The van der Waals surface area contributed by atoms with Gasteiger partial charge in [-0.2, -0.15) is 0 Å². The molecular formula is C35H50ClN3O5. The molecule has 3 aliphatic rings. The predicted molar refractivity (Wildman–Crippen MR) is 175 cm³/mol. The van der Waals surface area contributed by atoms with Gasteiger partial charge in [-0.3, -0.25) is 4.79 Å². The van der Waals surface area contributed by atoms with Gasteiger partial charge in [-0.05, 0) is 86.8 Å². The first-order chi connectivity index (χ1) is 21.3. The van der Waals surface area contributed by atoms with Crippen LogP contribution in [0, 0.1) is 11.8 Å². The van der Waals surface area contributed by atoms with Crippen molar-refractivity contribution >= 4 is 23.2 Å². The first-order valence-electron chi connectivity index (χ1n) is 16.4. The number of benzene rings is 2. The molecule has 8 nitrogen and oxygen atoms in total. The molecule has 5 rings (SSSR count). The zero-order valence-electron chi connectivity index (χ0n) is 26.6. The van der Waals surface area contributed by atoms with Gasteiger partial charge in [0, 0.05) is 63.5 Å². The Morgan fingerprint density at radius 2 is 2.02 bits per heavy atom. The van der Waals surface area contributed by atoms with E-state index in [1.807, 2.05) is 25.1 Å². The van der Waals surface area contributed by atoms with Gasteiger partial charge in [0.25, 0.3) is 0 Å². The lowest BCUT2D eigenvalue weighted by Crippen LogP contribution is -2.47. The zero-order valence-corrected chi connectivity index (χ0v) is 27.4. The number of ether oxygens (including phenoxy) is 4. The summed E-state index contributed by atoms with van der Waals surface area (Å²) >= 11 is 6.34. The molecule has 0 bridgehead atoms. The lowest BCUT2D eigenvalue weighted by molar-refractivity contribution is -0.125. The molecule has 4 atom stereocenters. The minimum absolute atomic E-state index is 0.00454. The van der Waals surface area contributed by atoms with E-state index in [0.717, 1.165) is 93.9 Å². The van der Waals surface area contributed by atoms with E-state index in [-0.39, 0.29) is 17.9 Å². The number of hydrogen-bond acceptors (Lipinski definition) is 7. The Bertz CT molecular complexity index is 1220. The van der Waals surface area contributed by atoms with Gasteiger partial charge in [0.2, 0.25) is 5.91 Å². The molecule has 2 aromatic rings. The molecule has 0 aliphatic carbocycles. The number of carbonyl (C=O) groups excluding carboxylic acids is 1. The monoisotopic (exact) mass is 627 g/mol. The zero-order chi connectivity index (χ0) is 30.9. The van der Waals surface area contributed by atoms with Crippen LogP contribution in [-0.2, 0) is 31.2 Å². The molecule has 2 fully saturated rings. The molecule has 0 saturated carbocycles. The van der Waals surface area contributed by atoms with Gasteiger partial charge >= 0.3 is 0 Å². The highest BCUT2D eigenvalue weighted by molar-refractivity contribution is 6.30. The number of anilines is 1. The van der Waals surface area contributed by atoms with Crippen molar-refractivity contribution in [2.24, 2.45) is 11.8 Å². The van der Waals surface area contributed by atoms with Crippen molar-refractivity contribution in [2.45, 2.75) is 76.7 Å². The summed E-state index contributed by atoms with van der Waals surface area (Å²) < 4.78 is 23.8. The van der Waals surface area contributed by atoms with E-state index in [9.17, 15) is 4.79 Å². The van der Waals surface area contributed by atoms with E-state index in [1.54, 1.807) is 7.11 Å². The Hall–Kier alpha value is -2.36. The molecule has 3 aliphatic heterocycles. The average molecular weight is 628 g/mol. The topological polar surface area (TPSA) is 81.3 Å². The number of amides is 1. The van der Waals surface area contributed by atoms with Gasteiger partial charge < -0.3 is 34.5 Å². The Morgan fingerprint density at radius 3 is 2.77 bits per heavy atom. The second-order valence-corrected chi connectivity index (χ2v) is 13.4. The fourth-order valence-corrected chi connectivity index (χ4v) is 6.82. The van der Waals surface area contributed by atoms with Crippen LogP contribution in [0.3, 0.4) is 0 Å². The van der Waals surface area contributed by atoms with Crippen molar-refractivity contribution in [1.29, 1.82) is 0 Å². The lowest BCUT2D eigenvalue weighted by Gasteiger charge is -2.43. The summed E-state index contributed by atoms with van der Waals surface area (Å²) in [6.07, 6.45) is 6.00. The maximum Gasteiger partial charge on any atom is 0.222 e. The number of piperidine rings is 1. The van der Waals surface area contributed by atoms with Gasteiger partial charge in [0.1, 0.15) is 11.4 Å². The van der Waals surface area contributed by atoms with Crippen LogP contribution in [-0.4, -0.2) is 71.2 Å². The molecule has 9 heteroatoms. The largest absolute Gasteiger partial charge is 0.479 e. The number of nitrogens with zero attached hydrogens (tertiary/aromatic N) is 1. The van der Waals surface area contributed by atoms with E-state index in [4.69, 9.17) is 30.5 Å². The molecule has 1 amide bonds. The number of halogens is 1. The first kappa shape index (κ1) is 33.0. The summed E-state index contributed by atoms with van der Waals surface area (Å²) in [4.78, 5) is 15.1. The second kappa shape index (κ2) is 15.8. The lowest BCUT2D eigenvalue weighted by atomic mass is 9.92. The smallest absolute Gasteiger partial charge is 0.222 e.